The second-order valence-corrected chi connectivity index (χ2v) is 4.08. The number of thiazole rings is 1. The van der Waals surface area contributed by atoms with Gasteiger partial charge in [-0.15, -0.1) is 11.3 Å². The zero-order valence-corrected chi connectivity index (χ0v) is 8.72. The molecule has 0 N–H and O–H groups in total. The van der Waals surface area contributed by atoms with Gasteiger partial charge in [-0.2, -0.15) is 0 Å². The van der Waals surface area contributed by atoms with E-state index in [1.807, 2.05) is 13.8 Å². The van der Waals surface area contributed by atoms with E-state index in [0.717, 1.165) is 10.6 Å². The van der Waals surface area contributed by atoms with Gasteiger partial charge in [-0.05, 0) is 25.5 Å². The Balaban J connectivity index is 2.38. The lowest BCUT2D eigenvalue weighted by atomic mass is 10.2. The summed E-state index contributed by atoms with van der Waals surface area (Å²) >= 11 is 1.46. The lowest BCUT2D eigenvalue weighted by Crippen LogP contribution is -2.01. The maximum atomic E-state index is 11.8. The molecule has 72 valence electrons. The molecule has 0 radical (unpaired) electrons. The van der Waals surface area contributed by atoms with Gasteiger partial charge in [-0.25, -0.2) is 4.98 Å². The number of aryl methyl sites for hydroxylation is 2. The van der Waals surface area contributed by atoms with Crippen LogP contribution in [0.1, 0.15) is 26.8 Å². The summed E-state index contributed by atoms with van der Waals surface area (Å²) in [7, 11) is 0. The molecule has 0 fully saturated rings. The fourth-order valence-electron chi connectivity index (χ4n) is 1.19. The van der Waals surface area contributed by atoms with Gasteiger partial charge in [0.15, 0.2) is 5.76 Å². The smallest absolute Gasteiger partial charge is 0.247 e. The van der Waals surface area contributed by atoms with E-state index in [1.54, 1.807) is 11.4 Å². The number of ketones is 1. The molecule has 2 heterocycles. The summed E-state index contributed by atoms with van der Waals surface area (Å²) in [5, 5.41) is 2.64. The first-order valence-electron chi connectivity index (χ1n) is 4.19. The van der Waals surface area contributed by atoms with Crippen LogP contribution in [0.25, 0.3) is 0 Å². The van der Waals surface area contributed by atoms with Gasteiger partial charge in [0, 0.05) is 5.38 Å². The van der Waals surface area contributed by atoms with Gasteiger partial charge in [0.05, 0.1) is 11.3 Å². The predicted molar refractivity (Wildman–Crippen MR) is 53.7 cm³/mol. The molecule has 0 bridgehead atoms. The lowest BCUT2D eigenvalue weighted by molar-refractivity contribution is 0.100. The molecule has 0 unspecified atom stereocenters. The maximum absolute atomic E-state index is 11.8. The van der Waals surface area contributed by atoms with Crippen LogP contribution < -0.4 is 0 Å². The molecule has 14 heavy (non-hydrogen) atoms. The summed E-state index contributed by atoms with van der Waals surface area (Å²) in [4.78, 5) is 15.9. The SMILES string of the molecule is Cc1nc(C(=O)c2occc2C)cs1. The lowest BCUT2D eigenvalue weighted by Gasteiger charge is -1.93. The molecule has 0 atom stereocenters. The van der Waals surface area contributed by atoms with E-state index >= 15 is 0 Å². The number of aromatic nitrogens is 1. The first-order chi connectivity index (χ1) is 6.68. The largest absolute Gasteiger partial charge is 0.461 e. The van der Waals surface area contributed by atoms with Crippen molar-refractivity contribution in [3.63, 3.8) is 0 Å². The number of nitrogens with zero attached hydrogens (tertiary/aromatic N) is 1. The summed E-state index contributed by atoms with van der Waals surface area (Å²) in [5.74, 6) is 0.243. The zero-order chi connectivity index (χ0) is 10.1. The average molecular weight is 207 g/mol. The van der Waals surface area contributed by atoms with Gasteiger partial charge in [-0.1, -0.05) is 0 Å². The van der Waals surface area contributed by atoms with Crippen molar-refractivity contribution in [1.29, 1.82) is 0 Å². The topological polar surface area (TPSA) is 43.1 Å². The number of furan rings is 1. The Kier molecular flexibility index (Phi) is 2.21. The van der Waals surface area contributed by atoms with Crippen LogP contribution in [0.3, 0.4) is 0 Å². The molecular formula is C10H9NO2S. The minimum absolute atomic E-state index is 0.142. The summed E-state index contributed by atoms with van der Waals surface area (Å²) in [5.41, 5.74) is 1.31. The monoisotopic (exact) mass is 207 g/mol. The molecule has 0 aromatic carbocycles. The van der Waals surface area contributed by atoms with Crippen molar-refractivity contribution in [1.82, 2.24) is 4.98 Å². The first-order valence-corrected chi connectivity index (χ1v) is 5.07. The van der Waals surface area contributed by atoms with E-state index in [0.29, 0.717) is 11.5 Å². The van der Waals surface area contributed by atoms with E-state index in [9.17, 15) is 4.79 Å². The van der Waals surface area contributed by atoms with Crippen molar-refractivity contribution in [2.45, 2.75) is 13.8 Å². The summed E-state index contributed by atoms with van der Waals surface area (Å²) < 4.78 is 5.10. The van der Waals surface area contributed by atoms with Crippen molar-refractivity contribution in [2.24, 2.45) is 0 Å². The molecule has 2 aromatic heterocycles. The van der Waals surface area contributed by atoms with E-state index < -0.39 is 0 Å². The Bertz CT molecular complexity index is 470. The molecule has 0 spiro atoms. The highest BCUT2D eigenvalue weighted by Gasteiger charge is 2.17. The standard InChI is InChI=1S/C10H9NO2S/c1-6-3-4-13-10(6)9(12)8-5-14-7(2)11-8/h3-5H,1-2H3. The Morgan fingerprint density at radius 2 is 2.29 bits per heavy atom. The molecule has 0 aliphatic rings. The molecule has 2 aromatic rings. The molecule has 0 aliphatic heterocycles. The van der Waals surface area contributed by atoms with Gasteiger partial charge in [0.25, 0.3) is 0 Å². The highest BCUT2D eigenvalue weighted by atomic mass is 32.1. The number of hydrogen-bond acceptors (Lipinski definition) is 4. The Morgan fingerprint density at radius 1 is 1.50 bits per heavy atom. The van der Waals surface area contributed by atoms with E-state index in [1.165, 1.54) is 17.6 Å². The number of hydrogen-bond donors (Lipinski definition) is 0. The Morgan fingerprint density at radius 3 is 2.79 bits per heavy atom. The highest BCUT2D eigenvalue weighted by Crippen LogP contribution is 2.16. The third kappa shape index (κ3) is 1.48. The second kappa shape index (κ2) is 3.38. The van der Waals surface area contributed by atoms with Crippen LogP contribution in [-0.2, 0) is 0 Å². The number of carbonyl (C=O) groups is 1. The van der Waals surface area contributed by atoms with Gasteiger partial charge in [0.2, 0.25) is 5.78 Å². The van der Waals surface area contributed by atoms with Crippen molar-refractivity contribution in [2.75, 3.05) is 0 Å². The van der Waals surface area contributed by atoms with Gasteiger partial charge < -0.3 is 4.42 Å². The Labute approximate surface area is 85.4 Å². The van der Waals surface area contributed by atoms with E-state index in [4.69, 9.17) is 4.42 Å². The third-order valence-electron chi connectivity index (χ3n) is 1.92. The fourth-order valence-corrected chi connectivity index (χ4v) is 1.78. The molecule has 4 heteroatoms. The summed E-state index contributed by atoms with van der Waals surface area (Å²) in [6.07, 6.45) is 1.52. The van der Waals surface area contributed by atoms with Crippen LogP contribution in [0.15, 0.2) is 22.1 Å². The molecule has 0 aliphatic carbocycles. The van der Waals surface area contributed by atoms with Crippen molar-refractivity contribution < 1.29 is 9.21 Å². The van der Waals surface area contributed by atoms with Crippen LogP contribution in [0.5, 0.6) is 0 Å². The van der Waals surface area contributed by atoms with Crippen molar-refractivity contribution >= 4 is 17.1 Å². The van der Waals surface area contributed by atoms with E-state index in [-0.39, 0.29) is 5.78 Å². The molecule has 2 rings (SSSR count). The maximum Gasteiger partial charge on any atom is 0.247 e. The minimum Gasteiger partial charge on any atom is -0.461 e. The van der Waals surface area contributed by atoms with Gasteiger partial charge in [0.1, 0.15) is 5.69 Å². The molecule has 0 amide bonds. The normalized spacial score (nSPS) is 10.4. The minimum atomic E-state index is -0.142. The van der Waals surface area contributed by atoms with Crippen molar-refractivity contribution in [3.05, 3.63) is 39.7 Å². The van der Waals surface area contributed by atoms with Gasteiger partial charge >= 0.3 is 0 Å². The quantitative estimate of drug-likeness (QED) is 0.711. The van der Waals surface area contributed by atoms with Crippen molar-refractivity contribution in [3.8, 4) is 0 Å². The number of carbonyl (C=O) groups excluding carboxylic acids is 1. The summed E-state index contributed by atoms with van der Waals surface area (Å²) in [6.45, 7) is 3.71. The first kappa shape index (κ1) is 9.15. The zero-order valence-electron chi connectivity index (χ0n) is 7.90. The van der Waals surface area contributed by atoms with Crippen LogP contribution in [0, 0.1) is 13.8 Å². The molecule has 0 saturated heterocycles. The third-order valence-corrected chi connectivity index (χ3v) is 2.69. The molecule has 0 saturated carbocycles. The van der Waals surface area contributed by atoms with Crippen LogP contribution in [0.2, 0.25) is 0 Å². The predicted octanol–water partition coefficient (Wildman–Crippen LogP) is 2.58. The van der Waals surface area contributed by atoms with Gasteiger partial charge in [-0.3, -0.25) is 4.79 Å². The highest BCUT2D eigenvalue weighted by molar-refractivity contribution is 7.09. The van der Waals surface area contributed by atoms with E-state index in [2.05, 4.69) is 4.98 Å². The second-order valence-electron chi connectivity index (χ2n) is 3.01. The fraction of sp³-hybridized carbons (Fsp3) is 0.200. The molecular weight excluding hydrogens is 198 g/mol. The summed E-state index contributed by atoms with van der Waals surface area (Å²) in [6, 6.07) is 1.77. The molecule has 3 nitrogen and oxygen atoms in total. The average Bonchev–Trinajstić information content (AvgIpc) is 2.73. The van der Waals surface area contributed by atoms with Crippen LogP contribution in [-0.4, -0.2) is 10.8 Å². The van der Waals surface area contributed by atoms with Crippen LogP contribution >= 0.6 is 11.3 Å². The van der Waals surface area contributed by atoms with Crippen LogP contribution in [0.4, 0.5) is 0 Å². The number of rotatable bonds is 2. The Hall–Kier alpha value is -1.42.